The highest BCUT2D eigenvalue weighted by Gasteiger charge is 2.43. The fourth-order valence-corrected chi connectivity index (χ4v) is 7.03. The summed E-state index contributed by atoms with van der Waals surface area (Å²) in [7, 11) is 0. The van der Waals surface area contributed by atoms with Gasteiger partial charge in [0.1, 0.15) is 40.2 Å². The highest BCUT2D eigenvalue weighted by Crippen LogP contribution is 2.51. The van der Waals surface area contributed by atoms with Crippen molar-refractivity contribution in [1.29, 1.82) is 0 Å². The number of hydrogen-bond acceptors (Lipinski definition) is 10. The smallest absolute Gasteiger partial charge is 0.199 e. The van der Waals surface area contributed by atoms with Gasteiger partial charge in [0.15, 0.2) is 23.8 Å². The number of aliphatic hydroxyl groups excluding tert-OH is 1. The number of aliphatic hydroxyl groups is 1. The number of carbonyl (C=O) groups excluding carboxylic acids is 2. The maximum absolute atomic E-state index is 14.8. The van der Waals surface area contributed by atoms with Gasteiger partial charge in [-0.2, -0.15) is 0 Å². The van der Waals surface area contributed by atoms with Crippen molar-refractivity contribution in [2.24, 2.45) is 5.92 Å². The monoisotopic (exact) mass is 678 g/mol. The van der Waals surface area contributed by atoms with Crippen molar-refractivity contribution in [3.8, 4) is 40.2 Å². The van der Waals surface area contributed by atoms with Gasteiger partial charge in [0.2, 0.25) is 0 Å². The molecule has 10 heteroatoms. The summed E-state index contributed by atoms with van der Waals surface area (Å²) in [4.78, 5) is 27.9. The summed E-state index contributed by atoms with van der Waals surface area (Å²) >= 11 is 0. The third-order valence-corrected chi connectivity index (χ3v) is 9.52. The van der Waals surface area contributed by atoms with Crippen LogP contribution in [0.3, 0.4) is 0 Å². The van der Waals surface area contributed by atoms with Crippen LogP contribution in [0.1, 0.15) is 88.1 Å². The van der Waals surface area contributed by atoms with E-state index in [-0.39, 0.29) is 51.2 Å². The second-order valence-corrected chi connectivity index (χ2v) is 13.3. The summed E-state index contributed by atoms with van der Waals surface area (Å²) in [6.45, 7) is 5.69. The van der Waals surface area contributed by atoms with Crippen LogP contribution in [-0.2, 0) is 6.42 Å². The quantitative estimate of drug-likeness (QED) is 0.0808. The van der Waals surface area contributed by atoms with Gasteiger partial charge in [0.05, 0.1) is 11.1 Å². The van der Waals surface area contributed by atoms with Gasteiger partial charge in [-0.1, -0.05) is 35.4 Å². The molecule has 0 aromatic heterocycles. The Morgan fingerprint density at radius 3 is 2.26 bits per heavy atom. The first-order valence-electron chi connectivity index (χ1n) is 16.2. The molecule has 6 rings (SSSR count). The molecule has 1 aliphatic heterocycles. The van der Waals surface area contributed by atoms with Gasteiger partial charge in [0, 0.05) is 41.5 Å². The van der Waals surface area contributed by atoms with Crippen LogP contribution in [0.25, 0.3) is 0 Å². The first-order chi connectivity index (χ1) is 23.7. The van der Waals surface area contributed by atoms with Crippen molar-refractivity contribution in [2.75, 3.05) is 0 Å². The molecule has 1 heterocycles. The predicted octanol–water partition coefficient (Wildman–Crippen LogP) is 6.82. The van der Waals surface area contributed by atoms with Crippen LogP contribution in [0.2, 0.25) is 0 Å². The number of phenolic OH excluding ortho intramolecular Hbond substituents is 6. The van der Waals surface area contributed by atoms with Crippen LogP contribution in [0.4, 0.5) is 0 Å². The number of aromatic hydroxyl groups is 6. The molecule has 2 aliphatic rings. The summed E-state index contributed by atoms with van der Waals surface area (Å²) < 4.78 is 5.98. The molecule has 0 bridgehead atoms. The molecule has 0 saturated heterocycles. The number of allylic oxidation sites excluding steroid dienone is 4. The maximum atomic E-state index is 14.8. The first-order valence-corrected chi connectivity index (χ1v) is 16.2. The Labute approximate surface area is 288 Å². The average molecular weight is 679 g/mol. The number of hydrogen-bond donors (Lipinski definition) is 7. The summed E-state index contributed by atoms with van der Waals surface area (Å²) in [5.41, 5.74) is 3.32. The number of carbonyl (C=O) groups is 2. The van der Waals surface area contributed by atoms with Crippen molar-refractivity contribution >= 4 is 11.6 Å². The molecule has 5 atom stereocenters. The van der Waals surface area contributed by atoms with Crippen LogP contribution in [0, 0.1) is 5.92 Å². The molecule has 0 saturated carbocycles. The minimum atomic E-state index is -1.69. The van der Waals surface area contributed by atoms with E-state index in [2.05, 4.69) is 0 Å². The van der Waals surface area contributed by atoms with E-state index in [4.69, 9.17) is 4.74 Å². The number of ether oxygens (including phenoxy) is 1. The third kappa shape index (κ3) is 6.37. The minimum Gasteiger partial charge on any atom is -0.508 e. The van der Waals surface area contributed by atoms with Crippen molar-refractivity contribution in [1.82, 2.24) is 0 Å². The average Bonchev–Trinajstić information content (AvgIpc) is 3.05. The first kappa shape index (κ1) is 34.1. The summed E-state index contributed by atoms with van der Waals surface area (Å²) in [6.07, 6.45) is 1.40. The molecular weight excluding hydrogens is 640 g/mol. The Morgan fingerprint density at radius 1 is 0.820 bits per heavy atom. The summed E-state index contributed by atoms with van der Waals surface area (Å²) in [6, 6.07) is 15.2. The molecule has 0 radical (unpaired) electrons. The summed E-state index contributed by atoms with van der Waals surface area (Å²) in [5.74, 6) is -4.84. The number of Topliss-reactive ketones (excluding diaryl/α,β-unsaturated/α-hetero) is 2. The van der Waals surface area contributed by atoms with Gasteiger partial charge in [-0.25, -0.2) is 0 Å². The van der Waals surface area contributed by atoms with Gasteiger partial charge < -0.3 is 40.5 Å². The highest BCUT2D eigenvalue weighted by molar-refractivity contribution is 6.03. The zero-order chi connectivity index (χ0) is 36.0. The molecule has 50 heavy (non-hydrogen) atoms. The van der Waals surface area contributed by atoms with Crippen LogP contribution < -0.4 is 4.74 Å². The molecule has 10 nitrogen and oxygen atoms in total. The van der Waals surface area contributed by atoms with E-state index in [9.17, 15) is 45.3 Å². The lowest BCUT2D eigenvalue weighted by Gasteiger charge is -2.37. The lowest BCUT2D eigenvalue weighted by molar-refractivity contribution is 0.0207. The van der Waals surface area contributed by atoms with Crippen LogP contribution >= 0.6 is 0 Å². The standard InChI is InChI=1S/C40H38O10/c1-19(2)4-5-22-15-29(34(46)18-32(22)44)37(47)36-27(12-20(3)13-28(36)25-9-7-23(41)16-33(25)45)21-6-11-31(43)30(14-21)40-39(49)38(48)26-10-8-24(42)17-35(26)50-40/h4,6-12,14-18,27-28,36,39-46,49H,5,13H2,1-3H3. The lowest BCUT2D eigenvalue weighted by atomic mass is 9.65. The Kier molecular flexibility index (Phi) is 9.07. The van der Waals surface area contributed by atoms with E-state index in [1.54, 1.807) is 18.2 Å². The fraction of sp³-hybridized carbons (Fsp3) is 0.250. The minimum absolute atomic E-state index is 0.0294. The number of benzene rings is 4. The van der Waals surface area contributed by atoms with Gasteiger partial charge in [-0.05, 0) is 86.7 Å². The molecular formula is C40H38O10. The SMILES string of the molecule is CC(C)=CCc1cc(C(=O)C2C(c3ccc(O)c(C4Oc5cc(O)ccc5C(=O)C4O)c3)C=C(C)CC2c2ccc(O)cc2O)c(O)cc1O. The number of phenols is 6. The maximum Gasteiger partial charge on any atom is 0.199 e. The Bertz CT molecular complexity index is 2070. The van der Waals surface area contributed by atoms with E-state index < -0.39 is 47.3 Å². The molecule has 0 spiro atoms. The van der Waals surface area contributed by atoms with E-state index in [1.807, 2.05) is 32.9 Å². The van der Waals surface area contributed by atoms with Gasteiger partial charge >= 0.3 is 0 Å². The van der Waals surface area contributed by atoms with E-state index in [1.165, 1.54) is 42.5 Å². The Morgan fingerprint density at radius 2 is 1.54 bits per heavy atom. The third-order valence-electron chi connectivity index (χ3n) is 9.52. The van der Waals surface area contributed by atoms with Crippen LogP contribution in [0.5, 0.6) is 40.2 Å². The Hall–Kier alpha value is -5.74. The van der Waals surface area contributed by atoms with E-state index in [0.29, 0.717) is 29.5 Å². The molecule has 7 N–H and O–H groups in total. The molecule has 0 fully saturated rings. The lowest BCUT2D eigenvalue weighted by Crippen LogP contribution is -2.36. The van der Waals surface area contributed by atoms with Crippen molar-refractivity contribution in [3.63, 3.8) is 0 Å². The zero-order valence-electron chi connectivity index (χ0n) is 27.7. The van der Waals surface area contributed by atoms with Crippen molar-refractivity contribution in [2.45, 2.75) is 57.7 Å². The number of rotatable bonds is 7. The zero-order valence-corrected chi connectivity index (χ0v) is 27.7. The highest BCUT2D eigenvalue weighted by atomic mass is 16.5. The molecule has 258 valence electrons. The second-order valence-electron chi connectivity index (χ2n) is 13.3. The van der Waals surface area contributed by atoms with Crippen molar-refractivity contribution in [3.05, 3.63) is 123 Å². The number of ketones is 2. The molecule has 4 aromatic rings. The second kappa shape index (κ2) is 13.3. The molecule has 4 aromatic carbocycles. The van der Waals surface area contributed by atoms with Gasteiger partial charge in [-0.3, -0.25) is 9.59 Å². The van der Waals surface area contributed by atoms with E-state index in [0.717, 1.165) is 17.2 Å². The molecule has 0 amide bonds. The number of fused-ring (bicyclic) bond motifs is 1. The molecule has 5 unspecified atom stereocenters. The van der Waals surface area contributed by atoms with Gasteiger partial charge in [0.25, 0.3) is 0 Å². The van der Waals surface area contributed by atoms with E-state index >= 15 is 0 Å². The fourth-order valence-electron chi connectivity index (χ4n) is 7.03. The topological polar surface area (TPSA) is 185 Å². The predicted molar refractivity (Wildman–Crippen MR) is 184 cm³/mol. The van der Waals surface area contributed by atoms with Crippen LogP contribution in [-0.4, -0.2) is 53.4 Å². The normalized spacial score (nSPS) is 21.5. The van der Waals surface area contributed by atoms with Crippen LogP contribution in [0.15, 0.2) is 90.0 Å². The van der Waals surface area contributed by atoms with Crippen molar-refractivity contribution < 1.29 is 50.1 Å². The Balaban J connectivity index is 1.49. The molecule has 1 aliphatic carbocycles. The van der Waals surface area contributed by atoms with Gasteiger partial charge in [-0.15, -0.1) is 0 Å². The largest absolute Gasteiger partial charge is 0.508 e. The summed E-state index contributed by atoms with van der Waals surface area (Å²) in [5, 5.41) is 74.8.